The van der Waals surface area contributed by atoms with Crippen molar-refractivity contribution in [1.82, 2.24) is 9.78 Å². The third-order valence-electron chi connectivity index (χ3n) is 1.87. The van der Waals surface area contributed by atoms with E-state index in [0.29, 0.717) is 11.5 Å². The zero-order chi connectivity index (χ0) is 12.1. The fraction of sp³-hybridized carbons (Fsp3) is 0.182. The Balaban J connectivity index is 3.18. The molecule has 0 saturated carbocycles. The minimum absolute atomic E-state index is 0.241. The van der Waals surface area contributed by atoms with Crippen molar-refractivity contribution in [3.05, 3.63) is 42.4 Å². The second-order valence-corrected chi connectivity index (χ2v) is 3.14. The molecular weight excluding hydrogens is 212 g/mol. The number of nitrogens with two attached hydrogens (primary N) is 1. The zero-order valence-corrected chi connectivity index (χ0v) is 8.95. The molecule has 3 nitrogen and oxygen atoms in total. The summed E-state index contributed by atoms with van der Waals surface area (Å²) in [4.78, 5) is 0. The van der Waals surface area contributed by atoms with Gasteiger partial charge in [0.15, 0.2) is 0 Å². The number of anilines is 1. The summed E-state index contributed by atoms with van der Waals surface area (Å²) >= 11 is 0. The highest BCUT2D eigenvalue weighted by Crippen LogP contribution is 2.16. The molecule has 5 heteroatoms. The molecule has 0 aliphatic carbocycles. The number of aryl methyl sites for hydroxylation is 1. The average molecular weight is 225 g/mol. The molecule has 1 heterocycles. The highest BCUT2D eigenvalue weighted by molar-refractivity contribution is 5.62. The number of halogens is 2. The van der Waals surface area contributed by atoms with Gasteiger partial charge in [-0.25, -0.2) is 13.5 Å². The SMILES string of the molecule is C=C/C(F)=C\C(=C/CF)n1nc(C)cc1N. The van der Waals surface area contributed by atoms with Gasteiger partial charge in [-0.1, -0.05) is 6.58 Å². The van der Waals surface area contributed by atoms with E-state index in [4.69, 9.17) is 5.73 Å². The first-order valence-corrected chi connectivity index (χ1v) is 4.66. The topological polar surface area (TPSA) is 43.8 Å². The van der Waals surface area contributed by atoms with Crippen LogP contribution in [0, 0.1) is 6.92 Å². The second-order valence-electron chi connectivity index (χ2n) is 3.14. The number of nitrogen functional groups attached to an aromatic ring is 1. The lowest BCUT2D eigenvalue weighted by atomic mass is 10.3. The lowest BCUT2D eigenvalue weighted by Gasteiger charge is -2.04. The summed E-state index contributed by atoms with van der Waals surface area (Å²) in [7, 11) is 0. The Morgan fingerprint density at radius 1 is 1.69 bits per heavy atom. The van der Waals surface area contributed by atoms with Crippen LogP contribution in [0.5, 0.6) is 0 Å². The van der Waals surface area contributed by atoms with E-state index in [-0.39, 0.29) is 5.70 Å². The molecule has 0 radical (unpaired) electrons. The molecule has 0 saturated heterocycles. The molecule has 1 rings (SSSR count). The van der Waals surface area contributed by atoms with Crippen molar-refractivity contribution in [3.63, 3.8) is 0 Å². The Hall–Kier alpha value is -1.91. The molecule has 2 N–H and O–H groups in total. The van der Waals surface area contributed by atoms with Crippen molar-refractivity contribution in [3.8, 4) is 0 Å². The predicted molar refractivity (Wildman–Crippen MR) is 61.0 cm³/mol. The molecule has 0 atom stereocenters. The number of hydrogen-bond donors (Lipinski definition) is 1. The smallest absolute Gasteiger partial charge is 0.127 e. The van der Waals surface area contributed by atoms with Gasteiger partial charge in [0.05, 0.1) is 11.4 Å². The van der Waals surface area contributed by atoms with Gasteiger partial charge in [0.25, 0.3) is 0 Å². The molecule has 0 aliphatic rings. The van der Waals surface area contributed by atoms with E-state index in [1.165, 1.54) is 10.8 Å². The Kier molecular flexibility index (Phi) is 3.99. The van der Waals surface area contributed by atoms with E-state index in [9.17, 15) is 8.78 Å². The molecule has 0 aliphatic heterocycles. The number of aromatic nitrogens is 2. The summed E-state index contributed by atoms with van der Waals surface area (Å²) in [5.41, 5.74) is 6.57. The monoisotopic (exact) mass is 225 g/mol. The van der Waals surface area contributed by atoms with Crippen molar-refractivity contribution < 1.29 is 8.78 Å². The number of alkyl halides is 1. The lowest BCUT2D eigenvalue weighted by Crippen LogP contribution is -2.03. The number of hydrogen-bond acceptors (Lipinski definition) is 2. The minimum atomic E-state index is -0.728. The minimum Gasteiger partial charge on any atom is -0.384 e. The normalized spacial score (nSPS) is 12.9. The second kappa shape index (κ2) is 5.25. The molecule has 0 fully saturated rings. The van der Waals surface area contributed by atoms with Crippen LogP contribution in [-0.2, 0) is 0 Å². The van der Waals surface area contributed by atoms with Crippen molar-refractivity contribution in [2.75, 3.05) is 12.4 Å². The summed E-state index contributed by atoms with van der Waals surface area (Å²) in [6.45, 7) is 4.29. The van der Waals surface area contributed by atoms with Crippen LogP contribution in [0.4, 0.5) is 14.6 Å². The van der Waals surface area contributed by atoms with Crippen LogP contribution in [0.1, 0.15) is 5.69 Å². The average Bonchev–Trinajstić information content (AvgIpc) is 2.57. The van der Waals surface area contributed by atoms with Crippen molar-refractivity contribution in [2.24, 2.45) is 0 Å². The summed E-state index contributed by atoms with van der Waals surface area (Å²) in [6.07, 6.45) is 3.33. The number of allylic oxidation sites excluding steroid dienone is 5. The molecule has 0 aromatic carbocycles. The first-order valence-electron chi connectivity index (χ1n) is 4.66. The molecular formula is C11H13F2N3. The van der Waals surface area contributed by atoms with E-state index in [1.54, 1.807) is 13.0 Å². The maximum Gasteiger partial charge on any atom is 0.127 e. The van der Waals surface area contributed by atoms with Gasteiger partial charge < -0.3 is 5.73 Å². The third-order valence-corrected chi connectivity index (χ3v) is 1.87. The molecule has 86 valence electrons. The van der Waals surface area contributed by atoms with Gasteiger partial charge in [-0.05, 0) is 25.2 Å². The van der Waals surface area contributed by atoms with E-state index >= 15 is 0 Å². The summed E-state index contributed by atoms with van der Waals surface area (Å²) < 4.78 is 26.6. The quantitative estimate of drug-likeness (QED) is 0.800. The molecule has 0 amide bonds. The van der Waals surface area contributed by atoms with Gasteiger partial charge in [-0.3, -0.25) is 0 Å². The fourth-order valence-electron chi connectivity index (χ4n) is 1.21. The van der Waals surface area contributed by atoms with Crippen LogP contribution < -0.4 is 5.73 Å². The third kappa shape index (κ3) is 2.79. The molecule has 1 aromatic rings. The first kappa shape index (κ1) is 12.2. The molecule has 0 bridgehead atoms. The van der Waals surface area contributed by atoms with Crippen LogP contribution in [0.2, 0.25) is 0 Å². The Labute approximate surface area is 92.6 Å². The van der Waals surface area contributed by atoms with Crippen LogP contribution >= 0.6 is 0 Å². The van der Waals surface area contributed by atoms with Gasteiger partial charge >= 0.3 is 0 Å². The van der Waals surface area contributed by atoms with Gasteiger partial charge in [0.1, 0.15) is 18.3 Å². The van der Waals surface area contributed by atoms with Gasteiger partial charge in [0, 0.05) is 6.07 Å². The molecule has 0 spiro atoms. The molecule has 16 heavy (non-hydrogen) atoms. The fourth-order valence-corrected chi connectivity index (χ4v) is 1.21. The van der Waals surface area contributed by atoms with Crippen LogP contribution in [0.25, 0.3) is 5.70 Å². The molecule has 1 aromatic heterocycles. The largest absolute Gasteiger partial charge is 0.384 e. The van der Waals surface area contributed by atoms with Crippen LogP contribution in [-0.4, -0.2) is 16.5 Å². The van der Waals surface area contributed by atoms with E-state index in [1.807, 2.05) is 0 Å². The predicted octanol–water partition coefficient (Wildman–Crippen LogP) is 2.62. The highest BCUT2D eigenvalue weighted by atomic mass is 19.1. The lowest BCUT2D eigenvalue weighted by molar-refractivity contribution is 0.561. The highest BCUT2D eigenvalue weighted by Gasteiger charge is 2.05. The molecule has 0 unspecified atom stereocenters. The zero-order valence-electron chi connectivity index (χ0n) is 8.95. The van der Waals surface area contributed by atoms with Gasteiger partial charge in [-0.15, -0.1) is 0 Å². The maximum atomic E-state index is 13.0. The Morgan fingerprint density at radius 2 is 2.38 bits per heavy atom. The first-order chi connectivity index (χ1) is 7.58. The number of nitrogens with zero attached hydrogens (tertiary/aromatic N) is 2. The van der Waals surface area contributed by atoms with E-state index < -0.39 is 12.5 Å². The Bertz CT molecular complexity index is 444. The van der Waals surface area contributed by atoms with Crippen molar-refractivity contribution in [1.29, 1.82) is 0 Å². The van der Waals surface area contributed by atoms with Crippen molar-refractivity contribution >= 4 is 11.5 Å². The van der Waals surface area contributed by atoms with Crippen LogP contribution in [0.15, 0.2) is 36.7 Å². The van der Waals surface area contributed by atoms with Gasteiger partial charge in [-0.2, -0.15) is 5.10 Å². The summed E-state index contributed by atoms with van der Waals surface area (Å²) in [5, 5.41) is 4.03. The van der Waals surface area contributed by atoms with Crippen molar-refractivity contribution in [2.45, 2.75) is 6.92 Å². The Morgan fingerprint density at radius 3 is 2.81 bits per heavy atom. The number of rotatable bonds is 4. The summed E-state index contributed by atoms with van der Waals surface area (Å²) in [6, 6.07) is 1.62. The summed E-state index contributed by atoms with van der Waals surface area (Å²) in [5.74, 6) is -0.252. The van der Waals surface area contributed by atoms with Gasteiger partial charge in [0.2, 0.25) is 0 Å². The van der Waals surface area contributed by atoms with E-state index in [2.05, 4.69) is 11.7 Å². The van der Waals surface area contributed by atoms with Crippen LogP contribution in [0.3, 0.4) is 0 Å². The maximum absolute atomic E-state index is 13.0. The van der Waals surface area contributed by atoms with E-state index in [0.717, 1.165) is 12.2 Å². The standard InChI is InChI=1S/C11H13F2N3/c1-3-9(13)7-10(4-5-12)16-11(14)6-8(2)15-16/h3-4,6-7H,1,5,14H2,2H3/b9-7+,10-4+.